The summed E-state index contributed by atoms with van der Waals surface area (Å²) < 4.78 is 7.75. The number of hydrogen-bond acceptors (Lipinski definition) is 4. The number of ether oxygens (including phenoxy) is 1. The Morgan fingerprint density at radius 3 is 3.00 bits per heavy atom. The number of rotatable bonds is 4. The summed E-state index contributed by atoms with van der Waals surface area (Å²) in [7, 11) is 1.41. The lowest BCUT2D eigenvalue weighted by Gasteiger charge is -2.00. The predicted octanol–water partition coefficient (Wildman–Crippen LogP) is 3.93. The van der Waals surface area contributed by atoms with Gasteiger partial charge in [0, 0.05) is 27.3 Å². The van der Waals surface area contributed by atoms with Crippen LogP contribution in [0.25, 0.3) is 16.2 Å². The second-order valence-corrected chi connectivity index (χ2v) is 6.25. The number of thiazole rings is 1. The van der Waals surface area contributed by atoms with Crippen molar-refractivity contribution in [2.45, 2.75) is 12.8 Å². The van der Waals surface area contributed by atoms with Gasteiger partial charge in [-0.3, -0.25) is 9.20 Å². The Labute approximate surface area is 134 Å². The molecule has 0 bridgehead atoms. The van der Waals surface area contributed by atoms with Gasteiger partial charge in [0.1, 0.15) is 0 Å². The summed E-state index contributed by atoms with van der Waals surface area (Å²) >= 11 is 5.13. The molecule has 21 heavy (non-hydrogen) atoms. The summed E-state index contributed by atoms with van der Waals surface area (Å²) in [6.07, 6.45) is 3.04. The van der Waals surface area contributed by atoms with Gasteiger partial charge in [-0.2, -0.15) is 0 Å². The average Bonchev–Trinajstić information content (AvgIpc) is 3.06. The number of methoxy groups -OCH3 is 1. The Bertz CT molecular complexity index is 794. The van der Waals surface area contributed by atoms with Crippen LogP contribution in [-0.2, 0) is 16.0 Å². The smallest absolute Gasteiger partial charge is 0.305 e. The average molecular weight is 365 g/mol. The molecule has 0 saturated heterocycles. The highest BCUT2D eigenvalue weighted by Crippen LogP contribution is 2.29. The Morgan fingerprint density at radius 2 is 2.24 bits per heavy atom. The molecule has 0 N–H and O–H groups in total. The van der Waals surface area contributed by atoms with Crippen molar-refractivity contribution >= 4 is 38.2 Å². The molecule has 1 aromatic carbocycles. The molecule has 0 aliphatic heterocycles. The third-order valence-electron chi connectivity index (χ3n) is 3.25. The van der Waals surface area contributed by atoms with Crippen molar-refractivity contribution in [1.29, 1.82) is 0 Å². The Balaban J connectivity index is 1.93. The van der Waals surface area contributed by atoms with Crippen molar-refractivity contribution in [1.82, 2.24) is 9.38 Å². The first kappa shape index (κ1) is 14.3. The molecule has 6 heteroatoms. The number of imidazole rings is 1. The number of aryl methyl sites for hydroxylation is 1. The van der Waals surface area contributed by atoms with Crippen molar-refractivity contribution < 1.29 is 9.53 Å². The van der Waals surface area contributed by atoms with E-state index >= 15 is 0 Å². The number of esters is 1. The number of halogens is 1. The maximum absolute atomic E-state index is 11.3. The van der Waals surface area contributed by atoms with Gasteiger partial charge in [-0.05, 0) is 12.5 Å². The molecule has 2 aromatic heterocycles. The lowest BCUT2D eigenvalue weighted by Crippen LogP contribution is -2.02. The van der Waals surface area contributed by atoms with Gasteiger partial charge >= 0.3 is 5.97 Å². The van der Waals surface area contributed by atoms with Crippen molar-refractivity contribution in [2.24, 2.45) is 0 Å². The molecule has 4 nitrogen and oxygen atoms in total. The van der Waals surface area contributed by atoms with E-state index in [1.54, 1.807) is 11.3 Å². The summed E-state index contributed by atoms with van der Waals surface area (Å²) in [6.45, 7) is 0. The quantitative estimate of drug-likeness (QED) is 0.658. The second kappa shape index (κ2) is 5.99. The van der Waals surface area contributed by atoms with Gasteiger partial charge in [0.15, 0.2) is 4.96 Å². The Morgan fingerprint density at radius 1 is 1.43 bits per heavy atom. The minimum atomic E-state index is -0.194. The number of carbonyl (C=O) groups is 1. The number of benzene rings is 1. The molecule has 108 valence electrons. The number of fused-ring (bicyclic) bond motifs is 1. The van der Waals surface area contributed by atoms with E-state index in [4.69, 9.17) is 0 Å². The summed E-state index contributed by atoms with van der Waals surface area (Å²) in [5.74, 6) is -0.194. The topological polar surface area (TPSA) is 43.6 Å². The maximum Gasteiger partial charge on any atom is 0.305 e. The third kappa shape index (κ3) is 2.87. The van der Waals surface area contributed by atoms with Gasteiger partial charge in [-0.1, -0.05) is 34.1 Å². The molecule has 0 spiro atoms. The highest BCUT2D eigenvalue weighted by atomic mass is 79.9. The fraction of sp³-hybridized carbons (Fsp3) is 0.200. The number of aromatic nitrogens is 2. The minimum absolute atomic E-state index is 0.194. The van der Waals surface area contributed by atoms with Gasteiger partial charge in [0.25, 0.3) is 0 Å². The molecule has 2 heterocycles. The van der Waals surface area contributed by atoms with Gasteiger partial charge in [0.2, 0.25) is 0 Å². The van der Waals surface area contributed by atoms with Crippen LogP contribution in [0.1, 0.15) is 12.1 Å². The zero-order valence-corrected chi connectivity index (χ0v) is 13.8. The first-order valence-electron chi connectivity index (χ1n) is 6.46. The van der Waals surface area contributed by atoms with E-state index in [2.05, 4.69) is 25.7 Å². The number of carbonyl (C=O) groups excluding carboxylic acids is 1. The first-order valence-corrected chi connectivity index (χ1v) is 8.13. The summed E-state index contributed by atoms with van der Waals surface area (Å²) in [4.78, 5) is 16.8. The standard InChI is InChI=1S/C15H13BrN2O2S/c1-20-14(19)7-6-10-9-21-15-17-13(8-18(10)15)11-4-2-3-5-12(11)16/h2-5,8-9H,6-7H2,1H3. The summed E-state index contributed by atoms with van der Waals surface area (Å²) in [5.41, 5.74) is 3.06. The van der Waals surface area contributed by atoms with E-state index < -0.39 is 0 Å². The zero-order valence-electron chi connectivity index (χ0n) is 11.4. The molecular formula is C15H13BrN2O2S. The van der Waals surface area contributed by atoms with Gasteiger partial charge in [0.05, 0.1) is 19.2 Å². The van der Waals surface area contributed by atoms with E-state index in [1.807, 2.05) is 40.2 Å². The third-order valence-corrected chi connectivity index (χ3v) is 4.83. The summed E-state index contributed by atoms with van der Waals surface area (Å²) in [6, 6.07) is 8.01. The van der Waals surface area contributed by atoms with Gasteiger partial charge in [-0.25, -0.2) is 4.98 Å². The van der Waals surface area contributed by atoms with Crippen LogP contribution in [0, 0.1) is 0 Å². The van der Waals surface area contributed by atoms with Gasteiger partial charge < -0.3 is 4.74 Å². The van der Waals surface area contributed by atoms with E-state index in [0.717, 1.165) is 26.4 Å². The van der Waals surface area contributed by atoms with Crippen LogP contribution in [0.3, 0.4) is 0 Å². The van der Waals surface area contributed by atoms with E-state index in [9.17, 15) is 4.79 Å². The van der Waals surface area contributed by atoms with Gasteiger partial charge in [-0.15, -0.1) is 11.3 Å². The molecule has 0 amide bonds. The van der Waals surface area contributed by atoms with Crippen LogP contribution in [-0.4, -0.2) is 22.5 Å². The Hall–Kier alpha value is -1.66. The lowest BCUT2D eigenvalue weighted by atomic mass is 10.2. The SMILES string of the molecule is COC(=O)CCc1csc2nc(-c3ccccc3Br)cn12. The zero-order chi connectivity index (χ0) is 14.8. The molecule has 3 rings (SSSR count). The number of nitrogens with zero attached hydrogens (tertiary/aromatic N) is 2. The van der Waals surface area contributed by atoms with Crippen LogP contribution in [0.5, 0.6) is 0 Å². The van der Waals surface area contributed by atoms with Crippen molar-refractivity contribution in [2.75, 3.05) is 7.11 Å². The normalized spacial score (nSPS) is 11.0. The monoisotopic (exact) mass is 364 g/mol. The van der Waals surface area contributed by atoms with Crippen molar-refractivity contribution in [3.8, 4) is 11.3 Å². The Kier molecular flexibility index (Phi) is 4.07. The molecule has 0 unspecified atom stereocenters. The minimum Gasteiger partial charge on any atom is -0.469 e. The van der Waals surface area contributed by atoms with Crippen LogP contribution in [0.2, 0.25) is 0 Å². The van der Waals surface area contributed by atoms with E-state index in [-0.39, 0.29) is 5.97 Å². The number of hydrogen-bond donors (Lipinski definition) is 0. The highest BCUT2D eigenvalue weighted by molar-refractivity contribution is 9.10. The second-order valence-electron chi connectivity index (χ2n) is 4.56. The van der Waals surface area contributed by atoms with Crippen molar-refractivity contribution in [3.63, 3.8) is 0 Å². The molecule has 0 radical (unpaired) electrons. The molecular weight excluding hydrogens is 352 g/mol. The molecule has 0 saturated carbocycles. The maximum atomic E-state index is 11.3. The van der Waals surface area contributed by atoms with Crippen molar-refractivity contribution in [3.05, 3.63) is 46.0 Å². The fourth-order valence-electron chi connectivity index (χ4n) is 2.14. The first-order chi connectivity index (χ1) is 10.2. The van der Waals surface area contributed by atoms with Crippen LogP contribution < -0.4 is 0 Å². The molecule has 0 atom stereocenters. The van der Waals surface area contributed by atoms with Crippen LogP contribution in [0.15, 0.2) is 40.3 Å². The molecule has 3 aromatic rings. The van der Waals surface area contributed by atoms with E-state index in [1.165, 1.54) is 7.11 Å². The van der Waals surface area contributed by atoms with E-state index in [0.29, 0.717) is 12.8 Å². The highest BCUT2D eigenvalue weighted by Gasteiger charge is 2.12. The lowest BCUT2D eigenvalue weighted by molar-refractivity contribution is -0.140. The predicted molar refractivity (Wildman–Crippen MR) is 86.5 cm³/mol. The largest absolute Gasteiger partial charge is 0.469 e. The van der Waals surface area contributed by atoms with Crippen LogP contribution in [0.4, 0.5) is 0 Å². The summed E-state index contributed by atoms with van der Waals surface area (Å²) in [5, 5.41) is 2.04. The van der Waals surface area contributed by atoms with Crippen LogP contribution >= 0.6 is 27.3 Å². The molecule has 0 aliphatic rings. The fourth-order valence-corrected chi connectivity index (χ4v) is 3.54. The molecule has 0 fully saturated rings. The molecule has 0 aliphatic carbocycles.